The molecule has 1 fully saturated rings. The van der Waals surface area contributed by atoms with E-state index in [1.54, 1.807) is 0 Å². The van der Waals surface area contributed by atoms with Gasteiger partial charge in [0.05, 0.1) is 19.8 Å². The first-order chi connectivity index (χ1) is 33.1. The predicted octanol–water partition coefficient (Wildman–Crippen LogP) is 12.9. The second-order valence-electron chi connectivity index (χ2n) is 18.4. The Morgan fingerprint density at radius 1 is 0.574 bits per heavy atom. The standard InChI is InChI=1S/C55H98O12S/c1-3-5-7-9-11-13-15-17-19-21-22-23-24-25-26-27-28-29-30-32-34-36-38-40-42-44-51(57)65-49(48-64-55-53(59)54(67-68(60,61)62)52(58)50(46-56)66-55)47-63-45-43-41-39-37-35-33-31-20-18-16-14-12-10-8-6-4-2/h5,7,11,13,17-20,22-23,49-50,52-56,58-59H,3-4,6,8-10,12,14-16,21,24-48H2,1-2H3,(H,60,61,62)/b7-5-,13-11-,19-17-,20-18-,23-22-. The van der Waals surface area contributed by atoms with E-state index in [2.05, 4.69) is 78.8 Å². The van der Waals surface area contributed by atoms with Crippen LogP contribution in [-0.4, -0.2) is 97.5 Å². The van der Waals surface area contributed by atoms with E-state index in [-0.39, 0.29) is 19.6 Å². The highest BCUT2D eigenvalue weighted by Crippen LogP contribution is 2.26. The zero-order chi connectivity index (χ0) is 49.6. The molecule has 12 nitrogen and oxygen atoms in total. The van der Waals surface area contributed by atoms with Crippen molar-refractivity contribution in [2.45, 2.75) is 256 Å². The van der Waals surface area contributed by atoms with Crippen molar-refractivity contribution in [3.8, 4) is 0 Å². The summed E-state index contributed by atoms with van der Waals surface area (Å²) < 4.78 is 59.3. The molecule has 0 aliphatic carbocycles. The Morgan fingerprint density at radius 2 is 1.01 bits per heavy atom. The average molecular weight is 983 g/mol. The monoisotopic (exact) mass is 983 g/mol. The molecule has 396 valence electrons. The van der Waals surface area contributed by atoms with E-state index in [4.69, 9.17) is 18.9 Å². The van der Waals surface area contributed by atoms with E-state index in [0.29, 0.717) is 13.0 Å². The Morgan fingerprint density at radius 3 is 1.50 bits per heavy atom. The largest absolute Gasteiger partial charge is 0.457 e. The number of allylic oxidation sites excluding steroid dienone is 10. The zero-order valence-corrected chi connectivity index (χ0v) is 43.5. The second kappa shape index (κ2) is 45.9. The molecule has 0 aromatic rings. The lowest BCUT2D eigenvalue weighted by Gasteiger charge is -2.41. The van der Waals surface area contributed by atoms with Gasteiger partial charge in [0.1, 0.15) is 30.5 Å². The number of aliphatic hydroxyl groups excluding tert-OH is 3. The highest BCUT2D eigenvalue weighted by Gasteiger charge is 2.48. The van der Waals surface area contributed by atoms with Crippen LogP contribution < -0.4 is 0 Å². The van der Waals surface area contributed by atoms with Crippen molar-refractivity contribution in [1.29, 1.82) is 0 Å². The van der Waals surface area contributed by atoms with Crippen molar-refractivity contribution in [2.24, 2.45) is 0 Å². The molecule has 1 aliphatic rings. The third-order valence-corrected chi connectivity index (χ3v) is 12.6. The van der Waals surface area contributed by atoms with Gasteiger partial charge in [-0.2, -0.15) is 8.42 Å². The summed E-state index contributed by atoms with van der Waals surface area (Å²) in [5.74, 6) is -0.403. The third kappa shape index (κ3) is 38.5. The van der Waals surface area contributed by atoms with E-state index >= 15 is 0 Å². The molecule has 1 rings (SSSR count). The van der Waals surface area contributed by atoms with Crippen molar-refractivity contribution in [2.75, 3.05) is 26.4 Å². The number of ether oxygens (including phenoxy) is 4. The van der Waals surface area contributed by atoms with Gasteiger partial charge in [0, 0.05) is 13.0 Å². The molecule has 0 radical (unpaired) electrons. The van der Waals surface area contributed by atoms with Gasteiger partial charge in [0.15, 0.2) is 6.29 Å². The Hall–Kier alpha value is -2.20. The van der Waals surface area contributed by atoms with E-state index < -0.39 is 59.8 Å². The molecule has 0 spiro atoms. The number of esters is 1. The van der Waals surface area contributed by atoms with Crippen molar-refractivity contribution in [3.63, 3.8) is 0 Å². The summed E-state index contributed by atoms with van der Waals surface area (Å²) in [5.41, 5.74) is 0. The third-order valence-electron chi connectivity index (χ3n) is 12.1. The Bertz CT molecular complexity index is 1410. The van der Waals surface area contributed by atoms with Crippen molar-refractivity contribution >= 4 is 16.4 Å². The van der Waals surface area contributed by atoms with Crippen molar-refractivity contribution < 1.29 is 56.2 Å². The summed E-state index contributed by atoms with van der Waals surface area (Å²) in [6, 6.07) is 0. The number of unbranched alkanes of at least 4 members (excludes halogenated alkanes) is 24. The molecule has 68 heavy (non-hydrogen) atoms. The summed E-state index contributed by atoms with van der Waals surface area (Å²) in [6.45, 7) is 3.88. The van der Waals surface area contributed by atoms with Crippen molar-refractivity contribution in [3.05, 3.63) is 60.8 Å². The van der Waals surface area contributed by atoms with E-state index in [1.165, 1.54) is 116 Å². The molecule has 1 saturated heterocycles. The van der Waals surface area contributed by atoms with Crippen LogP contribution in [0.1, 0.15) is 219 Å². The summed E-state index contributed by atoms with van der Waals surface area (Å²) in [4.78, 5) is 12.9. The normalized spacial score (nSPS) is 19.8. The average Bonchev–Trinajstić information content (AvgIpc) is 3.31. The SMILES string of the molecule is CC/C=C\C/C=C\C/C=C\C/C=C\CCCCCCCCCCCCCCC(=O)OC(COCCCCCCCC/C=C\CCCCCCCC)COC1OC(CO)C(O)C(OS(=O)(=O)O)C1O. The molecule has 6 unspecified atom stereocenters. The van der Waals surface area contributed by atoms with Crippen LogP contribution in [0.5, 0.6) is 0 Å². The fourth-order valence-electron chi connectivity index (χ4n) is 8.07. The fraction of sp³-hybridized carbons (Fsp3) is 0.800. The van der Waals surface area contributed by atoms with Crippen LogP contribution in [0.4, 0.5) is 0 Å². The van der Waals surface area contributed by atoms with E-state index in [9.17, 15) is 33.1 Å². The Labute approximate surface area is 414 Å². The van der Waals surface area contributed by atoms with Crippen LogP contribution in [0.3, 0.4) is 0 Å². The minimum atomic E-state index is -5.07. The maximum absolute atomic E-state index is 12.9. The summed E-state index contributed by atoms with van der Waals surface area (Å²) in [5, 5.41) is 30.8. The van der Waals surface area contributed by atoms with Crippen LogP contribution in [-0.2, 0) is 38.3 Å². The summed E-state index contributed by atoms with van der Waals surface area (Å²) in [6.07, 6.45) is 49.7. The molecule has 1 aliphatic heterocycles. The number of rotatable bonds is 47. The minimum Gasteiger partial charge on any atom is -0.457 e. The molecule has 0 amide bonds. The predicted molar refractivity (Wildman–Crippen MR) is 276 cm³/mol. The molecule has 0 aromatic carbocycles. The maximum Gasteiger partial charge on any atom is 0.397 e. The Kier molecular flexibility index (Phi) is 43.1. The first-order valence-electron chi connectivity index (χ1n) is 27.0. The fourth-order valence-corrected chi connectivity index (χ4v) is 8.58. The molecular formula is C55H98O12S. The Balaban J connectivity index is 2.31. The van der Waals surface area contributed by atoms with Crippen LogP contribution in [0.2, 0.25) is 0 Å². The van der Waals surface area contributed by atoms with Gasteiger partial charge in [0.2, 0.25) is 0 Å². The van der Waals surface area contributed by atoms with E-state index in [0.717, 1.165) is 77.0 Å². The quantitative estimate of drug-likeness (QED) is 0.0197. The topological polar surface area (TPSA) is 178 Å². The number of hydrogen-bond donors (Lipinski definition) is 4. The first kappa shape index (κ1) is 63.8. The van der Waals surface area contributed by atoms with Gasteiger partial charge >= 0.3 is 16.4 Å². The van der Waals surface area contributed by atoms with E-state index in [1.807, 2.05) is 0 Å². The summed E-state index contributed by atoms with van der Waals surface area (Å²) in [7, 11) is -5.07. The van der Waals surface area contributed by atoms with Crippen LogP contribution in [0.15, 0.2) is 60.8 Å². The highest BCUT2D eigenvalue weighted by atomic mass is 32.3. The molecule has 13 heteroatoms. The van der Waals surface area contributed by atoms with Gasteiger partial charge in [-0.05, 0) is 77.0 Å². The molecule has 1 heterocycles. The number of hydrogen-bond acceptors (Lipinski definition) is 11. The first-order valence-corrected chi connectivity index (χ1v) is 28.4. The molecule has 0 saturated carbocycles. The van der Waals surface area contributed by atoms with Crippen molar-refractivity contribution in [1.82, 2.24) is 0 Å². The lowest BCUT2D eigenvalue weighted by Crippen LogP contribution is -2.60. The lowest BCUT2D eigenvalue weighted by atomic mass is 9.99. The number of carbonyl (C=O) groups is 1. The molecule has 4 N–H and O–H groups in total. The van der Waals surface area contributed by atoms with Gasteiger partial charge in [-0.15, -0.1) is 0 Å². The van der Waals surface area contributed by atoms with Crippen LogP contribution in [0, 0.1) is 0 Å². The molecule has 0 aromatic heterocycles. The number of carbonyl (C=O) groups excluding carboxylic acids is 1. The molecule has 6 atom stereocenters. The molecular weight excluding hydrogens is 885 g/mol. The minimum absolute atomic E-state index is 0.0304. The number of aliphatic hydroxyl groups is 3. The van der Waals surface area contributed by atoms with Gasteiger partial charge < -0.3 is 34.3 Å². The summed E-state index contributed by atoms with van der Waals surface area (Å²) >= 11 is 0. The van der Waals surface area contributed by atoms with Gasteiger partial charge in [0.25, 0.3) is 0 Å². The second-order valence-corrected chi connectivity index (χ2v) is 19.5. The molecule has 0 bridgehead atoms. The van der Waals surface area contributed by atoms with Crippen LogP contribution >= 0.6 is 0 Å². The maximum atomic E-state index is 12.9. The van der Waals surface area contributed by atoms with Crippen LogP contribution in [0.25, 0.3) is 0 Å². The van der Waals surface area contributed by atoms with Gasteiger partial charge in [-0.3, -0.25) is 9.35 Å². The zero-order valence-electron chi connectivity index (χ0n) is 42.7. The van der Waals surface area contributed by atoms with Gasteiger partial charge in [-0.1, -0.05) is 197 Å². The van der Waals surface area contributed by atoms with Gasteiger partial charge in [-0.25, -0.2) is 4.18 Å². The smallest absolute Gasteiger partial charge is 0.397 e. The highest BCUT2D eigenvalue weighted by molar-refractivity contribution is 7.80. The lowest BCUT2D eigenvalue weighted by molar-refractivity contribution is -0.301.